The number of halogens is 1. The van der Waals surface area contributed by atoms with Crippen molar-refractivity contribution < 1.29 is 4.79 Å². The Hall–Kier alpha value is -0.280. The van der Waals surface area contributed by atoms with Gasteiger partial charge in [-0.05, 0) is 42.9 Å². The highest BCUT2D eigenvalue weighted by Gasteiger charge is 2.43. The predicted molar refractivity (Wildman–Crippen MR) is 83.8 cm³/mol. The second kappa shape index (κ2) is 6.23. The van der Waals surface area contributed by atoms with Crippen LogP contribution in [-0.4, -0.2) is 29.9 Å². The molecule has 0 aromatic carbocycles. The molecule has 0 aromatic heterocycles. The molecule has 1 amide bonds. The van der Waals surface area contributed by atoms with Gasteiger partial charge in [0.15, 0.2) is 0 Å². The number of fused-ring (bicyclic) bond motifs is 1. The third-order valence-electron chi connectivity index (χ3n) is 5.90. The van der Waals surface area contributed by atoms with Gasteiger partial charge in [0.25, 0.3) is 0 Å². The summed E-state index contributed by atoms with van der Waals surface area (Å²) in [6.45, 7) is 4.22. The van der Waals surface area contributed by atoms with E-state index >= 15 is 0 Å². The van der Waals surface area contributed by atoms with Crippen LogP contribution in [0.15, 0.2) is 0 Å². The van der Waals surface area contributed by atoms with Gasteiger partial charge < -0.3 is 10.6 Å². The zero-order chi connectivity index (χ0) is 13.5. The van der Waals surface area contributed by atoms with Crippen LogP contribution in [0.4, 0.5) is 0 Å². The molecule has 3 rings (SSSR count). The first kappa shape index (κ1) is 16.1. The first-order valence-electron chi connectivity index (χ1n) is 8.11. The van der Waals surface area contributed by atoms with E-state index in [1.54, 1.807) is 0 Å². The largest absolute Gasteiger partial charge is 0.342 e. The zero-order valence-electron chi connectivity index (χ0n) is 12.6. The topological polar surface area (TPSA) is 46.3 Å². The standard InChI is InChI=1S/C16H28N2O.ClH/c1-16(7-3-2-4-8-16)9-15(19)18-10-12-5-6-14(17)13(12)11-18;/h12-14H,2-11,17H2,1H3;1H. The average molecular weight is 301 g/mol. The fourth-order valence-corrected chi connectivity index (χ4v) is 4.57. The summed E-state index contributed by atoms with van der Waals surface area (Å²) in [5.74, 6) is 1.67. The lowest BCUT2D eigenvalue weighted by Gasteiger charge is -2.34. The highest BCUT2D eigenvalue weighted by atomic mass is 35.5. The van der Waals surface area contributed by atoms with Gasteiger partial charge in [0.05, 0.1) is 0 Å². The Balaban J connectivity index is 0.00000147. The van der Waals surface area contributed by atoms with Gasteiger partial charge in [-0.15, -0.1) is 12.4 Å². The number of rotatable bonds is 2. The van der Waals surface area contributed by atoms with Gasteiger partial charge in [-0.2, -0.15) is 0 Å². The molecule has 1 saturated heterocycles. The molecular weight excluding hydrogens is 272 g/mol. The van der Waals surface area contributed by atoms with Crippen LogP contribution in [0.5, 0.6) is 0 Å². The van der Waals surface area contributed by atoms with E-state index < -0.39 is 0 Å². The highest BCUT2D eigenvalue weighted by Crippen LogP contribution is 2.41. The molecule has 3 nitrogen and oxygen atoms in total. The number of carbonyl (C=O) groups is 1. The number of hydrogen-bond acceptors (Lipinski definition) is 2. The molecule has 2 N–H and O–H groups in total. The molecule has 1 aliphatic heterocycles. The number of carbonyl (C=O) groups excluding carboxylic acids is 1. The SMILES string of the molecule is CC1(CC(=O)N2CC3CCC(N)C3C2)CCCCC1.Cl. The van der Waals surface area contributed by atoms with E-state index in [-0.39, 0.29) is 17.8 Å². The van der Waals surface area contributed by atoms with Crippen LogP contribution in [0.2, 0.25) is 0 Å². The van der Waals surface area contributed by atoms with Gasteiger partial charge in [-0.3, -0.25) is 4.79 Å². The molecule has 0 bridgehead atoms. The number of nitrogens with two attached hydrogens (primary N) is 1. The third kappa shape index (κ3) is 3.14. The van der Waals surface area contributed by atoms with Crippen LogP contribution in [0.3, 0.4) is 0 Å². The first-order valence-corrected chi connectivity index (χ1v) is 8.11. The molecule has 3 atom stereocenters. The molecule has 3 fully saturated rings. The van der Waals surface area contributed by atoms with Crippen molar-refractivity contribution >= 4 is 18.3 Å². The maximum atomic E-state index is 12.5. The Morgan fingerprint density at radius 1 is 1.20 bits per heavy atom. The van der Waals surface area contributed by atoms with Crippen molar-refractivity contribution in [2.75, 3.05) is 13.1 Å². The highest BCUT2D eigenvalue weighted by molar-refractivity contribution is 5.85. The smallest absolute Gasteiger partial charge is 0.223 e. The van der Waals surface area contributed by atoms with Crippen molar-refractivity contribution in [2.45, 2.75) is 64.3 Å². The van der Waals surface area contributed by atoms with Gasteiger partial charge in [0.1, 0.15) is 0 Å². The first-order chi connectivity index (χ1) is 9.07. The number of likely N-dealkylation sites (tertiary alicyclic amines) is 1. The maximum absolute atomic E-state index is 12.5. The molecule has 2 saturated carbocycles. The quantitative estimate of drug-likeness (QED) is 0.852. The Bertz CT molecular complexity index is 354. The molecule has 2 aliphatic carbocycles. The molecule has 1 heterocycles. The molecule has 0 radical (unpaired) electrons. The second-order valence-corrected chi connectivity index (χ2v) is 7.51. The monoisotopic (exact) mass is 300 g/mol. The van der Waals surface area contributed by atoms with Gasteiger partial charge in [0, 0.05) is 25.6 Å². The van der Waals surface area contributed by atoms with Crippen LogP contribution in [0.1, 0.15) is 58.3 Å². The molecule has 20 heavy (non-hydrogen) atoms. The van der Waals surface area contributed by atoms with E-state index in [2.05, 4.69) is 11.8 Å². The molecule has 3 unspecified atom stereocenters. The van der Waals surface area contributed by atoms with Crippen LogP contribution >= 0.6 is 12.4 Å². The van der Waals surface area contributed by atoms with Crippen LogP contribution in [-0.2, 0) is 4.79 Å². The minimum Gasteiger partial charge on any atom is -0.342 e. The molecule has 116 valence electrons. The van der Waals surface area contributed by atoms with Gasteiger partial charge in [-0.25, -0.2) is 0 Å². The van der Waals surface area contributed by atoms with Gasteiger partial charge in [0.2, 0.25) is 5.91 Å². The summed E-state index contributed by atoms with van der Waals surface area (Å²) in [5, 5.41) is 0. The summed E-state index contributed by atoms with van der Waals surface area (Å²) in [6, 6.07) is 0.341. The number of amides is 1. The van der Waals surface area contributed by atoms with E-state index in [0.29, 0.717) is 23.8 Å². The van der Waals surface area contributed by atoms with E-state index in [1.165, 1.54) is 38.5 Å². The summed E-state index contributed by atoms with van der Waals surface area (Å²) < 4.78 is 0. The minimum atomic E-state index is 0. The van der Waals surface area contributed by atoms with E-state index in [9.17, 15) is 4.79 Å². The van der Waals surface area contributed by atoms with E-state index in [0.717, 1.165) is 25.9 Å². The van der Waals surface area contributed by atoms with Crippen molar-refractivity contribution in [3.8, 4) is 0 Å². The molecule has 0 spiro atoms. The van der Waals surface area contributed by atoms with Crippen molar-refractivity contribution in [3.05, 3.63) is 0 Å². The van der Waals surface area contributed by atoms with Crippen molar-refractivity contribution in [2.24, 2.45) is 23.0 Å². The molecule has 4 heteroatoms. The lowest BCUT2D eigenvalue weighted by atomic mass is 9.73. The third-order valence-corrected chi connectivity index (χ3v) is 5.90. The number of nitrogens with zero attached hydrogens (tertiary/aromatic N) is 1. The zero-order valence-corrected chi connectivity index (χ0v) is 13.5. The van der Waals surface area contributed by atoms with E-state index in [4.69, 9.17) is 5.73 Å². The van der Waals surface area contributed by atoms with Crippen LogP contribution in [0.25, 0.3) is 0 Å². The summed E-state index contributed by atoms with van der Waals surface area (Å²) >= 11 is 0. The fourth-order valence-electron chi connectivity index (χ4n) is 4.57. The summed E-state index contributed by atoms with van der Waals surface area (Å²) in [5.41, 5.74) is 6.43. The van der Waals surface area contributed by atoms with Crippen LogP contribution < -0.4 is 5.73 Å². The Kier molecular flexibility index (Phi) is 5.01. The van der Waals surface area contributed by atoms with Crippen molar-refractivity contribution in [3.63, 3.8) is 0 Å². The van der Waals surface area contributed by atoms with Gasteiger partial charge >= 0.3 is 0 Å². The second-order valence-electron chi connectivity index (χ2n) is 7.51. The maximum Gasteiger partial charge on any atom is 0.223 e. The normalized spacial score (nSPS) is 35.5. The van der Waals surface area contributed by atoms with Gasteiger partial charge in [-0.1, -0.05) is 26.2 Å². The molecule has 3 aliphatic rings. The Morgan fingerprint density at radius 3 is 2.55 bits per heavy atom. The average Bonchev–Trinajstić information content (AvgIpc) is 2.92. The Morgan fingerprint density at radius 2 is 1.90 bits per heavy atom. The lowest BCUT2D eigenvalue weighted by molar-refractivity contribution is -0.133. The predicted octanol–water partition coefficient (Wildman–Crippen LogP) is 2.96. The molecular formula is C16H29ClN2O. The number of hydrogen-bond donors (Lipinski definition) is 1. The summed E-state index contributed by atoms with van der Waals surface area (Å²) in [4.78, 5) is 14.7. The summed E-state index contributed by atoms with van der Waals surface area (Å²) in [6.07, 6.45) is 9.59. The van der Waals surface area contributed by atoms with Crippen molar-refractivity contribution in [1.82, 2.24) is 4.90 Å². The van der Waals surface area contributed by atoms with E-state index in [1.807, 2.05) is 0 Å². The minimum absolute atomic E-state index is 0. The van der Waals surface area contributed by atoms with Crippen molar-refractivity contribution in [1.29, 1.82) is 0 Å². The summed E-state index contributed by atoms with van der Waals surface area (Å²) in [7, 11) is 0. The molecule has 0 aromatic rings. The van der Waals surface area contributed by atoms with Crippen LogP contribution in [0, 0.1) is 17.3 Å². The Labute approximate surface area is 129 Å². The fraction of sp³-hybridized carbons (Fsp3) is 0.938. The lowest BCUT2D eigenvalue weighted by Crippen LogP contribution is -2.36.